The van der Waals surface area contributed by atoms with Crippen LogP contribution in [-0.2, 0) is 0 Å². The third-order valence-electron chi connectivity index (χ3n) is 2.90. The van der Waals surface area contributed by atoms with Crippen LogP contribution in [0.3, 0.4) is 0 Å². The topological polar surface area (TPSA) is 70.0 Å². The lowest BCUT2D eigenvalue weighted by Gasteiger charge is -2.19. The van der Waals surface area contributed by atoms with E-state index in [1.165, 1.54) is 0 Å². The van der Waals surface area contributed by atoms with Gasteiger partial charge in [-0.25, -0.2) is 0 Å². The van der Waals surface area contributed by atoms with Crippen LogP contribution < -0.4 is 4.74 Å². The number of nitrogens with zero attached hydrogens (tertiary/aromatic N) is 1. The van der Waals surface area contributed by atoms with E-state index in [0.29, 0.717) is 31.6 Å². The van der Waals surface area contributed by atoms with Crippen LogP contribution in [0.1, 0.15) is 16.8 Å². The van der Waals surface area contributed by atoms with Crippen LogP contribution in [0.4, 0.5) is 0 Å². The Morgan fingerprint density at radius 3 is 2.16 bits per heavy atom. The van der Waals surface area contributed by atoms with Crippen LogP contribution >= 0.6 is 0 Å². The number of methoxy groups -OCH3 is 1. The molecule has 106 valence electrons. The van der Waals surface area contributed by atoms with Crippen molar-refractivity contribution in [2.75, 3.05) is 40.0 Å². The normalized spacial score (nSPS) is 10.7. The maximum atomic E-state index is 12.0. The summed E-state index contributed by atoms with van der Waals surface area (Å²) in [6.07, 6.45) is 0.367. The Morgan fingerprint density at radius 1 is 1.11 bits per heavy atom. The van der Waals surface area contributed by atoms with E-state index in [1.54, 1.807) is 31.4 Å². The molecule has 0 bridgehead atoms. The summed E-state index contributed by atoms with van der Waals surface area (Å²) in [5.41, 5.74) is 0.647. The molecule has 0 aliphatic rings. The number of ketones is 1. The van der Waals surface area contributed by atoms with Gasteiger partial charge < -0.3 is 14.9 Å². The summed E-state index contributed by atoms with van der Waals surface area (Å²) in [6.45, 7) is 1.52. The number of ether oxygens (including phenoxy) is 1. The average molecular weight is 267 g/mol. The van der Waals surface area contributed by atoms with Crippen molar-refractivity contribution in [2.45, 2.75) is 6.42 Å². The number of aliphatic hydroxyl groups is 2. The van der Waals surface area contributed by atoms with Crippen molar-refractivity contribution in [1.29, 1.82) is 0 Å². The lowest BCUT2D eigenvalue weighted by Crippen LogP contribution is -2.31. The van der Waals surface area contributed by atoms with Crippen molar-refractivity contribution in [1.82, 2.24) is 4.90 Å². The Labute approximate surface area is 113 Å². The SMILES string of the molecule is COc1ccc(C(=O)CCN(CCO)CCO)cc1. The van der Waals surface area contributed by atoms with Crippen LogP contribution in [0.2, 0.25) is 0 Å². The summed E-state index contributed by atoms with van der Waals surface area (Å²) in [5, 5.41) is 17.8. The van der Waals surface area contributed by atoms with E-state index in [9.17, 15) is 4.79 Å². The largest absolute Gasteiger partial charge is 0.497 e. The lowest BCUT2D eigenvalue weighted by atomic mass is 10.1. The van der Waals surface area contributed by atoms with E-state index in [-0.39, 0.29) is 19.0 Å². The highest BCUT2D eigenvalue weighted by Crippen LogP contribution is 2.12. The molecule has 0 amide bonds. The van der Waals surface area contributed by atoms with Gasteiger partial charge in [-0.3, -0.25) is 9.69 Å². The van der Waals surface area contributed by atoms with Gasteiger partial charge in [0.25, 0.3) is 0 Å². The number of hydrogen-bond donors (Lipinski definition) is 2. The van der Waals surface area contributed by atoms with Crippen LogP contribution in [-0.4, -0.2) is 60.9 Å². The van der Waals surface area contributed by atoms with E-state index >= 15 is 0 Å². The smallest absolute Gasteiger partial charge is 0.164 e. The predicted octanol–water partition coefficient (Wildman–Crippen LogP) is 0.555. The van der Waals surface area contributed by atoms with Gasteiger partial charge >= 0.3 is 0 Å². The fraction of sp³-hybridized carbons (Fsp3) is 0.500. The Hall–Kier alpha value is -1.43. The van der Waals surface area contributed by atoms with Crippen molar-refractivity contribution in [3.05, 3.63) is 29.8 Å². The maximum Gasteiger partial charge on any atom is 0.164 e. The van der Waals surface area contributed by atoms with Gasteiger partial charge in [0, 0.05) is 31.6 Å². The van der Waals surface area contributed by atoms with Crippen molar-refractivity contribution in [2.24, 2.45) is 0 Å². The highest BCUT2D eigenvalue weighted by molar-refractivity contribution is 5.96. The molecule has 5 nitrogen and oxygen atoms in total. The number of rotatable bonds is 9. The number of Topliss-reactive ketones (excluding diaryl/α,β-unsaturated/α-hetero) is 1. The minimum atomic E-state index is 0.0245. The summed E-state index contributed by atoms with van der Waals surface area (Å²) in [6, 6.07) is 6.99. The first-order valence-corrected chi connectivity index (χ1v) is 6.32. The second-order valence-corrected chi connectivity index (χ2v) is 4.19. The Kier molecular flexibility index (Phi) is 7.10. The Balaban J connectivity index is 2.48. The monoisotopic (exact) mass is 267 g/mol. The van der Waals surface area contributed by atoms with Crippen molar-refractivity contribution >= 4 is 5.78 Å². The van der Waals surface area contributed by atoms with Crippen molar-refractivity contribution in [3.63, 3.8) is 0 Å². The molecule has 1 aromatic carbocycles. The van der Waals surface area contributed by atoms with E-state index in [2.05, 4.69) is 0 Å². The van der Waals surface area contributed by atoms with Crippen LogP contribution in [0.5, 0.6) is 5.75 Å². The first-order chi connectivity index (χ1) is 9.21. The minimum absolute atomic E-state index is 0.0245. The molecular weight excluding hydrogens is 246 g/mol. The van der Waals surface area contributed by atoms with Crippen LogP contribution in [0.25, 0.3) is 0 Å². The molecule has 0 atom stereocenters. The number of hydrogen-bond acceptors (Lipinski definition) is 5. The van der Waals surface area contributed by atoms with Crippen molar-refractivity contribution < 1.29 is 19.7 Å². The van der Waals surface area contributed by atoms with Crippen LogP contribution in [0.15, 0.2) is 24.3 Å². The third-order valence-corrected chi connectivity index (χ3v) is 2.90. The molecule has 2 N–H and O–H groups in total. The molecule has 0 saturated carbocycles. The Morgan fingerprint density at radius 2 is 1.68 bits per heavy atom. The van der Waals surface area contributed by atoms with E-state index < -0.39 is 0 Å². The predicted molar refractivity (Wildman–Crippen MR) is 72.6 cm³/mol. The molecule has 0 radical (unpaired) electrons. The molecule has 5 heteroatoms. The van der Waals surface area contributed by atoms with Gasteiger partial charge in [-0.2, -0.15) is 0 Å². The molecule has 1 rings (SSSR count). The second-order valence-electron chi connectivity index (χ2n) is 4.19. The average Bonchev–Trinajstić information content (AvgIpc) is 2.45. The van der Waals surface area contributed by atoms with E-state index in [4.69, 9.17) is 14.9 Å². The first kappa shape index (κ1) is 15.6. The third kappa shape index (κ3) is 5.38. The van der Waals surface area contributed by atoms with Gasteiger partial charge in [0.15, 0.2) is 5.78 Å². The second kappa shape index (κ2) is 8.63. The standard InChI is InChI=1S/C14H21NO4/c1-19-13-4-2-12(3-5-13)14(18)6-7-15(8-10-16)9-11-17/h2-5,16-17H,6-11H2,1H3. The zero-order valence-electron chi connectivity index (χ0n) is 11.2. The van der Waals surface area contributed by atoms with Crippen molar-refractivity contribution in [3.8, 4) is 5.75 Å². The summed E-state index contributed by atoms with van der Waals surface area (Å²) >= 11 is 0. The molecule has 0 spiro atoms. The van der Waals surface area contributed by atoms with Gasteiger partial charge in [-0.1, -0.05) is 0 Å². The summed E-state index contributed by atoms with van der Waals surface area (Å²) < 4.78 is 5.04. The molecule has 0 saturated heterocycles. The zero-order chi connectivity index (χ0) is 14.1. The van der Waals surface area contributed by atoms with E-state index in [1.807, 2.05) is 4.90 Å². The molecule has 0 aliphatic heterocycles. The van der Waals surface area contributed by atoms with E-state index in [0.717, 1.165) is 5.75 Å². The van der Waals surface area contributed by atoms with Gasteiger partial charge in [0.1, 0.15) is 5.75 Å². The van der Waals surface area contributed by atoms with Crippen LogP contribution in [0, 0.1) is 0 Å². The number of carbonyl (C=O) groups is 1. The first-order valence-electron chi connectivity index (χ1n) is 6.32. The number of benzene rings is 1. The highest BCUT2D eigenvalue weighted by atomic mass is 16.5. The fourth-order valence-corrected chi connectivity index (χ4v) is 1.80. The molecular formula is C14H21NO4. The minimum Gasteiger partial charge on any atom is -0.497 e. The molecule has 1 aromatic rings. The van der Waals surface area contributed by atoms with Gasteiger partial charge in [0.2, 0.25) is 0 Å². The lowest BCUT2D eigenvalue weighted by molar-refractivity contribution is 0.0947. The zero-order valence-corrected chi connectivity index (χ0v) is 11.2. The Bertz CT molecular complexity index is 372. The molecule has 0 fully saturated rings. The van der Waals surface area contributed by atoms with Gasteiger partial charge in [-0.05, 0) is 24.3 Å². The summed E-state index contributed by atoms with van der Waals surface area (Å²) in [5.74, 6) is 0.766. The highest BCUT2D eigenvalue weighted by Gasteiger charge is 2.09. The fourth-order valence-electron chi connectivity index (χ4n) is 1.80. The van der Waals surface area contributed by atoms with Gasteiger partial charge in [-0.15, -0.1) is 0 Å². The summed E-state index contributed by atoms with van der Waals surface area (Å²) in [4.78, 5) is 13.8. The number of carbonyl (C=O) groups excluding carboxylic acids is 1. The quantitative estimate of drug-likeness (QED) is 0.640. The molecule has 0 unspecified atom stereocenters. The van der Waals surface area contributed by atoms with Gasteiger partial charge in [0.05, 0.1) is 20.3 Å². The molecule has 0 heterocycles. The molecule has 0 aromatic heterocycles. The number of aliphatic hydroxyl groups excluding tert-OH is 2. The maximum absolute atomic E-state index is 12.0. The summed E-state index contributed by atoms with van der Waals surface area (Å²) in [7, 11) is 1.58. The molecule has 0 aliphatic carbocycles. The molecule has 19 heavy (non-hydrogen) atoms.